The monoisotopic (exact) mass is 400 g/mol. The highest BCUT2D eigenvalue weighted by Crippen LogP contribution is 2.31. The quantitative estimate of drug-likeness (QED) is 0.609. The van der Waals surface area contributed by atoms with E-state index in [4.69, 9.17) is 9.72 Å². The summed E-state index contributed by atoms with van der Waals surface area (Å²) in [5, 5.41) is 0. The van der Waals surface area contributed by atoms with Gasteiger partial charge in [0.1, 0.15) is 11.3 Å². The second-order valence-corrected chi connectivity index (χ2v) is 9.01. The topological polar surface area (TPSA) is 77.3 Å². The lowest BCUT2D eigenvalue weighted by Crippen LogP contribution is -2.30. The molecule has 0 aliphatic carbocycles. The van der Waals surface area contributed by atoms with Crippen molar-refractivity contribution < 1.29 is 13.2 Å². The van der Waals surface area contributed by atoms with Crippen LogP contribution < -0.4 is 0 Å². The fraction of sp³-hybridized carbons (Fsp3) is 0.400. The minimum atomic E-state index is -3.36. The number of hydrogen-bond donors (Lipinski definition) is 0. The fourth-order valence-electron chi connectivity index (χ4n) is 3.76. The van der Waals surface area contributed by atoms with Gasteiger partial charge in [0.2, 0.25) is 10.0 Å². The Hall–Kier alpha value is -2.29. The van der Waals surface area contributed by atoms with E-state index >= 15 is 0 Å². The summed E-state index contributed by atoms with van der Waals surface area (Å²) in [5.41, 5.74) is 2.46. The molecule has 1 aliphatic rings. The Morgan fingerprint density at radius 2 is 2.00 bits per heavy atom. The van der Waals surface area contributed by atoms with Gasteiger partial charge in [-0.3, -0.25) is 0 Å². The number of imidazole rings is 1. The maximum atomic E-state index is 12.9. The number of pyridine rings is 1. The molecule has 3 heterocycles. The molecule has 0 bridgehead atoms. The van der Waals surface area contributed by atoms with Crippen LogP contribution in [0.4, 0.5) is 0 Å². The Bertz CT molecular complexity index is 1050. The minimum absolute atomic E-state index is 0.0300. The number of ether oxygens (including phenoxy) is 1. The molecular formula is C20H24N4O3S. The molecule has 1 fully saturated rings. The zero-order chi connectivity index (χ0) is 19.6. The van der Waals surface area contributed by atoms with Gasteiger partial charge in [-0.1, -0.05) is 30.3 Å². The van der Waals surface area contributed by atoms with Crippen LogP contribution in [0, 0.1) is 0 Å². The number of sulfonamides is 1. The minimum Gasteiger partial charge on any atom is -0.383 e. The third-order valence-corrected chi connectivity index (χ3v) is 6.97. The summed E-state index contributed by atoms with van der Waals surface area (Å²) in [4.78, 5) is 9.23. The van der Waals surface area contributed by atoms with E-state index < -0.39 is 10.0 Å². The predicted octanol–water partition coefficient (Wildman–Crippen LogP) is 2.40. The number of hydrogen-bond acceptors (Lipinski definition) is 5. The van der Waals surface area contributed by atoms with E-state index in [1.807, 2.05) is 42.5 Å². The molecule has 0 spiro atoms. The van der Waals surface area contributed by atoms with Gasteiger partial charge in [-0.25, -0.2) is 22.7 Å². The molecule has 8 heteroatoms. The molecular weight excluding hydrogens is 376 g/mol. The molecule has 1 atom stereocenters. The van der Waals surface area contributed by atoms with Crippen LogP contribution >= 0.6 is 0 Å². The maximum Gasteiger partial charge on any atom is 0.218 e. The normalized spacial score (nSPS) is 18.1. The van der Waals surface area contributed by atoms with Crippen molar-refractivity contribution in [2.45, 2.75) is 24.6 Å². The highest BCUT2D eigenvalue weighted by atomic mass is 32.2. The first-order chi connectivity index (χ1) is 13.6. The second kappa shape index (κ2) is 7.98. The Labute approximate surface area is 165 Å². The zero-order valence-electron chi connectivity index (χ0n) is 15.9. The number of fused-ring (bicyclic) bond motifs is 1. The van der Waals surface area contributed by atoms with Crippen molar-refractivity contribution in [3.05, 3.63) is 60.0 Å². The third-order valence-electron chi connectivity index (χ3n) is 5.15. The number of methoxy groups -OCH3 is 1. The summed E-state index contributed by atoms with van der Waals surface area (Å²) in [6.07, 6.45) is 2.51. The van der Waals surface area contributed by atoms with Crippen molar-refractivity contribution >= 4 is 21.2 Å². The fourth-order valence-corrected chi connectivity index (χ4v) is 5.35. The van der Waals surface area contributed by atoms with E-state index in [-0.39, 0.29) is 11.7 Å². The first-order valence-electron chi connectivity index (χ1n) is 9.40. The molecule has 2 aromatic heterocycles. The molecule has 28 heavy (non-hydrogen) atoms. The molecule has 0 N–H and O–H groups in total. The van der Waals surface area contributed by atoms with Gasteiger partial charge >= 0.3 is 0 Å². The number of benzene rings is 1. The molecule has 1 aromatic carbocycles. The standard InChI is InChI=1S/C20H24N4O3S/c1-27-13-12-24-19(22-18-8-5-10-21-20(18)24)17-9-11-23(14-17)28(25,26)15-16-6-3-2-4-7-16/h2-8,10,17H,9,11-15H2,1H3/t17-/m1/s1. The number of nitrogens with zero attached hydrogens (tertiary/aromatic N) is 4. The largest absolute Gasteiger partial charge is 0.383 e. The van der Waals surface area contributed by atoms with Crippen LogP contribution in [0.2, 0.25) is 0 Å². The van der Waals surface area contributed by atoms with Gasteiger partial charge in [-0.15, -0.1) is 0 Å². The van der Waals surface area contributed by atoms with E-state index in [0.29, 0.717) is 26.2 Å². The Kier molecular flexibility index (Phi) is 5.43. The third kappa shape index (κ3) is 3.80. The number of rotatable bonds is 7. The van der Waals surface area contributed by atoms with Crippen LogP contribution in [0.15, 0.2) is 48.7 Å². The SMILES string of the molecule is COCCn1c([C@@H]2CCN(S(=O)(=O)Cc3ccccc3)C2)nc2cccnc21. The van der Waals surface area contributed by atoms with Gasteiger partial charge in [0.15, 0.2) is 5.65 Å². The summed E-state index contributed by atoms with van der Waals surface area (Å²) in [7, 11) is -1.69. The summed E-state index contributed by atoms with van der Waals surface area (Å²) in [6, 6.07) is 13.1. The molecule has 1 aliphatic heterocycles. The van der Waals surface area contributed by atoms with E-state index in [1.54, 1.807) is 17.6 Å². The van der Waals surface area contributed by atoms with Crippen LogP contribution in [-0.4, -0.2) is 54.1 Å². The van der Waals surface area contributed by atoms with E-state index in [1.165, 1.54) is 0 Å². The lowest BCUT2D eigenvalue weighted by atomic mass is 10.1. The lowest BCUT2D eigenvalue weighted by Gasteiger charge is -2.17. The van der Waals surface area contributed by atoms with Gasteiger partial charge in [-0.05, 0) is 24.1 Å². The molecule has 0 radical (unpaired) electrons. The summed E-state index contributed by atoms with van der Waals surface area (Å²) < 4.78 is 34.7. The van der Waals surface area contributed by atoms with Crippen LogP contribution in [0.25, 0.3) is 11.2 Å². The Morgan fingerprint density at radius 3 is 2.79 bits per heavy atom. The average Bonchev–Trinajstić information content (AvgIpc) is 3.32. The Balaban J connectivity index is 1.57. The second-order valence-electron chi connectivity index (χ2n) is 7.05. The molecule has 7 nitrogen and oxygen atoms in total. The molecule has 0 unspecified atom stereocenters. The van der Waals surface area contributed by atoms with E-state index in [2.05, 4.69) is 9.55 Å². The average molecular weight is 401 g/mol. The first kappa shape index (κ1) is 19.0. The maximum absolute atomic E-state index is 12.9. The summed E-state index contributed by atoms with van der Waals surface area (Å²) in [5.74, 6) is 0.974. The van der Waals surface area contributed by atoms with Crippen LogP contribution in [0.3, 0.4) is 0 Å². The first-order valence-corrected chi connectivity index (χ1v) is 11.0. The lowest BCUT2D eigenvalue weighted by molar-refractivity contribution is 0.187. The van der Waals surface area contributed by atoms with Crippen LogP contribution in [0.5, 0.6) is 0 Å². The van der Waals surface area contributed by atoms with Crippen molar-refractivity contribution in [3.8, 4) is 0 Å². The van der Waals surface area contributed by atoms with Crippen molar-refractivity contribution in [2.75, 3.05) is 26.8 Å². The zero-order valence-corrected chi connectivity index (χ0v) is 16.7. The molecule has 4 rings (SSSR count). The molecule has 3 aromatic rings. The van der Waals surface area contributed by atoms with Crippen LogP contribution in [-0.2, 0) is 27.1 Å². The van der Waals surface area contributed by atoms with Crippen LogP contribution in [0.1, 0.15) is 23.7 Å². The van der Waals surface area contributed by atoms with E-state index in [9.17, 15) is 8.42 Å². The molecule has 0 saturated carbocycles. The smallest absolute Gasteiger partial charge is 0.218 e. The van der Waals surface area contributed by atoms with Crippen molar-refractivity contribution in [1.82, 2.24) is 18.8 Å². The highest BCUT2D eigenvalue weighted by Gasteiger charge is 2.34. The van der Waals surface area contributed by atoms with Gasteiger partial charge < -0.3 is 9.30 Å². The molecule has 148 valence electrons. The summed E-state index contributed by atoms with van der Waals surface area (Å²) in [6.45, 7) is 2.16. The summed E-state index contributed by atoms with van der Waals surface area (Å²) >= 11 is 0. The van der Waals surface area contributed by atoms with Crippen molar-refractivity contribution in [2.24, 2.45) is 0 Å². The predicted molar refractivity (Wildman–Crippen MR) is 107 cm³/mol. The van der Waals surface area contributed by atoms with Crippen molar-refractivity contribution in [1.29, 1.82) is 0 Å². The van der Waals surface area contributed by atoms with Gasteiger partial charge in [-0.2, -0.15) is 0 Å². The molecule has 0 amide bonds. The highest BCUT2D eigenvalue weighted by molar-refractivity contribution is 7.88. The Morgan fingerprint density at radius 1 is 1.18 bits per heavy atom. The van der Waals surface area contributed by atoms with E-state index in [0.717, 1.165) is 29.0 Å². The number of aromatic nitrogens is 3. The van der Waals surface area contributed by atoms with Gasteiger partial charge in [0, 0.05) is 38.9 Å². The van der Waals surface area contributed by atoms with Gasteiger partial charge in [0.05, 0.1) is 12.4 Å². The van der Waals surface area contributed by atoms with Crippen molar-refractivity contribution in [3.63, 3.8) is 0 Å². The molecule has 1 saturated heterocycles. The van der Waals surface area contributed by atoms with Gasteiger partial charge in [0.25, 0.3) is 0 Å².